The highest BCUT2D eigenvalue weighted by Crippen LogP contribution is 2.39. The maximum Gasteiger partial charge on any atom is 0.199 e. The summed E-state index contributed by atoms with van der Waals surface area (Å²) in [5.41, 5.74) is 0.987. The molecule has 126 valence electrons. The second kappa shape index (κ2) is 7.25. The average molecular weight is 364 g/mol. The largest absolute Gasteiger partial charge is 0.434 e. The van der Waals surface area contributed by atoms with E-state index in [9.17, 15) is 0 Å². The van der Waals surface area contributed by atoms with E-state index in [1.807, 2.05) is 24.3 Å². The molecule has 2 aliphatic heterocycles. The molecule has 0 unspecified atom stereocenters. The van der Waals surface area contributed by atoms with Gasteiger partial charge in [-0.15, -0.1) is 0 Å². The van der Waals surface area contributed by atoms with E-state index in [1.54, 1.807) is 11.8 Å². The molecule has 0 aliphatic carbocycles. The van der Waals surface area contributed by atoms with Crippen molar-refractivity contribution in [3.05, 3.63) is 40.9 Å². The van der Waals surface area contributed by atoms with Gasteiger partial charge < -0.3 is 9.15 Å². The van der Waals surface area contributed by atoms with E-state index in [2.05, 4.69) is 10.2 Å². The Morgan fingerprint density at radius 1 is 1.00 bits per heavy atom. The Morgan fingerprint density at radius 3 is 2.42 bits per heavy atom. The van der Waals surface area contributed by atoms with Crippen molar-refractivity contribution in [2.45, 2.75) is 34.7 Å². The third-order valence-electron chi connectivity index (χ3n) is 4.32. The van der Waals surface area contributed by atoms with Gasteiger partial charge in [0.05, 0.1) is 13.1 Å². The molecular formula is C17H18ClN3O2S. The van der Waals surface area contributed by atoms with E-state index in [1.165, 1.54) is 0 Å². The summed E-state index contributed by atoms with van der Waals surface area (Å²) in [6, 6.07) is 7.77. The number of ether oxygens (including phenoxy) is 1. The van der Waals surface area contributed by atoms with E-state index in [0.29, 0.717) is 19.0 Å². The molecule has 0 saturated carbocycles. The summed E-state index contributed by atoms with van der Waals surface area (Å²) >= 11 is 7.57. The first kappa shape index (κ1) is 16.1. The zero-order valence-electron chi connectivity index (χ0n) is 13.2. The minimum atomic E-state index is 0.220. The Morgan fingerprint density at radius 2 is 1.71 bits per heavy atom. The van der Waals surface area contributed by atoms with Crippen LogP contribution in [0.5, 0.6) is 0 Å². The van der Waals surface area contributed by atoms with E-state index in [0.717, 1.165) is 52.7 Å². The molecule has 1 saturated heterocycles. The van der Waals surface area contributed by atoms with Crippen molar-refractivity contribution in [2.24, 2.45) is 10.2 Å². The van der Waals surface area contributed by atoms with E-state index >= 15 is 0 Å². The fourth-order valence-electron chi connectivity index (χ4n) is 2.94. The second-order valence-electron chi connectivity index (χ2n) is 6.01. The average Bonchev–Trinajstić information content (AvgIpc) is 3.27. The first-order chi connectivity index (χ1) is 11.8. The number of hydrogen-bond donors (Lipinski definition) is 0. The monoisotopic (exact) mass is 363 g/mol. The predicted octanol–water partition coefficient (Wildman–Crippen LogP) is 4.92. The fourth-order valence-corrected chi connectivity index (χ4v) is 3.99. The summed E-state index contributed by atoms with van der Waals surface area (Å²) < 4.78 is 11.6. The maximum atomic E-state index is 6.18. The molecule has 0 amide bonds. The summed E-state index contributed by atoms with van der Waals surface area (Å²) in [4.78, 5) is 5.93. The van der Waals surface area contributed by atoms with Gasteiger partial charge in [-0.1, -0.05) is 23.4 Å². The van der Waals surface area contributed by atoms with Gasteiger partial charge in [0, 0.05) is 35.0 Å². The number of hydrogen-bond acceptors (Lipinski definition) is 6. The van der Waals surface area contributed by atoms with Gasteiger partial charge in [-0.3, -0.25) is 0 Å². The van der Waals surface area contributed by atoms with Crippen LogP contribution in [0, 0.1) is 0 Å². The van der Waals surface area contributed by atoms with E-state index in [-0.39, 0.29) is 5.92 Å². The predicted molar refractivity (Wildman–Crippen MR) is 92.2 cm³/mol. The quantitative estimate of drug-likeness (QED) is 0.773. The van der Waals surface area contributed by atoms with Crippen molar-refractivity contribution in [1.29, 1.82) is 0 Å². The standard InChI is InChI=1S/C17H18ClN3O2S/c18-13-1-3-14(4-2-13)24-17-15(12-9-19-20-10-12)21-16(23-17)11-5-7-22-8-6-11/h1-4,11-12H,5-10H2. The van der Waals surface area contributed by atoms with Gasteiger partial charge in [-0.05, 0) is 37.1 Å². The lowest BCUT2D eigenvalue weighted by Gasteiger charge is -2.18. The lowest BCUT2D eigenvalue weighted by molar-refractivity contribution is 0.0786. The van der Waals surface area contributed by atoms with Gasteiger partial charge in [0.15, 0.2) is 11.0 Å². The molecule has 3 heterocycles. The summed E-state index contributed by atoms with van der Waals surface area (Å²) in [5.74, 6) is 1.39. The van der Waals surface area contributed by atoms with Crippen LogP contribution in [-0.4, -0.2) is 31.3 Å². The van der Waals surface area contributed by atoms with Crippen LogP contribution in [0.15, 0.2) is 48.9 Å². The van der Waals surface area contributed by atoms with Crippen LogP contribution in [-0.2, 0) is 4.74 Å². The Kier molecular flexibility index (Phi) is 4.87. The van der Waals surface area contributed by atoms with Gasteiger partial charge in [-0.2, -0.15) is 10.2 Å². The van der Waals surface area contributed by atoms with Crippen molar-refractivity contribution in [1.82, 2.24) is 4.98 Å². The molecule has 5 nitrogen and oxygen atoms in total. The Hall–Kier alpha value is -1.37. The molecule has 7 heteroatoms. The van der Waals surface area contributed by atoms with Crippen LogP contribution in [0.2, 0.25) is 5.02 Å². The number of nitrogens with zero attached hydrogens (tertiary/aromatic N) is 3. The van der Waals surface area contributed by atoms with Crippen LogP contribution in [0.25, 0.3) is 0 Å². The topological polar surface area (TPSA) is 60.0 Å². The fraction of sp³-hybridized carbons (Fsp3) is 0.471. The lowest BCUT2D eigenvalue weighted by Crippen LogP contribution is -2.14. The van der Waals surface area contributed by atoms with Crippen molar-refractivity contribution in [3.8, 4) is 0 Å². The molecule has 0 bridgehead atoms. The lowest BCUT2D eigenvalue weighted by atomic mass is 10.0. The summed E-state index contributed by atoms with van der Waals surface area (Å²) in [6.07, 6.45) is 1.93. The third kappa shape index (κ3) is 3.50. The van der Waals surface area contributed by atoms with Gasteiger partial charge >= 0.3 is 0 Å². The van der Waals surface area contributed by atoms with Gasteiger partial charge in [0.25, 0.3) is 0 Å². The summed E-state index contributed by atoms with van der Waals surface area (Å²) in [7, 11) is 0. The summed E-state index contributed by atoms with van der Waals surface area (Å²) in [6.45, 7) is 2.92. The molecule has 2 aliphatic rings. The Balaban J connectivity index is 1.62. The number of azo groups is 1. The minimum absolute atomic E-state index is 0.220. The van der Waals surface area contributed by atoms with Crippen LogP contribution >= 0.6 is 23.4 Å². The van der Waals surface area contributed by atoms with Gasteiger partial charge in [0.2, 0.25) is 0 Å². The zero-order valence-corrected chi connectivity index (χ0v) is 14.7. The zero-order chi connectivity index (χ0) is 16.4. The highest BCUT2D eigenvalue weighted by Gasteiger charge is 2.29. The SMILES string of the molecule is Clc1ccc(Sc2oc(C3CCOCC3)nc2C2CN=NC2)cc1. The van der Waals surface area contributed by atoms with Crippen LogP contribution in [0.4, 0.5) is 0 Å². The molecule has 1 aromatic heterocycles. The number of oxazole rings is 1. The smallest absolute Gasteiger partial charge is 0.199 e. The van der Waals surface area contributed by atoms with Crippen molar-refractivity contribution < 1.29 is 9.15 Å². The van der Waals surface area contributed by atoms with Crippen molar-refractivity contribution in [2.75, 3.05) is 26.3 Å². The number of benzene rings is 1. The molecular weight excluding hydrogens is 346 g/mol. The van der Waals surface area contributed by atoms with Crippen molar-refractivity contribution >= 4 is 23.4 Å². The molecule has 2 aromatic rings. The Labute approximate surface area is 149 Å². The van der Waals surface area contributed by atoms with Crippen molar-refractivity contribution in [3.63, 3.8) is 0 Å². The highest BCUT2D eigenvalue weighted by molar-refractivity contribution is 7.99. The molecule has 0 spiro atoms. The first-order valence-electron chi connectivity index (χ1n) is 8.14. The molecule has 0 radical (unpaired) electrons. The van der Waals surface area contributed by atoms with Gasteiger partial charge in [0.1, 0.15) is 5.69 Å². The molecule has 4 rings (SSSR count). The number of aromatic nitrogens is 1. The minimum Gasteiger partial charge on any atom is -0.434 e. The van der Waals surface area contributed by atoms with Crippen LogP contribution < -0.4 is 0 Å². The van der Waals surface area contributed by atoms with E-state index < -0.39 is 0 Å². The highest BCUT2D eigenvalue weighted by atomic mass is 35.5. The molecule has 1 aromatic carbocycles. The second-order valence-corrected chi connectivity index (χ2v) is 7.50. The molecule has 24 heavy (non-hydrogen) atoms. The first-order valence-corrected chi connectivity index (χ1v) is 9.34. The third-order valence-corrected chi connectivity index (χ3v) is 5.56. The number of halogens is 1. The maximum absolute atomic E-state index is 6.18. The molecule has 0 N–H and O–H groups in total. The van der Waals surface area contributed by atoms with Gasteiger partial charge in [-0.25, -0.2) is 4.98 Å². The normalized spacial score (nSPS) is 19.2. The summed E-state index contributed by atoms with van der Waals surface area (Å²) in [5, 5.41) is 9.83. The Bertz CT molecular complexity index is 718. The number of rotatable bonds is 4. The van der Waals surface area contributed by atoms with Crippen LogP contribution in [0.3, 0.4) is 0 Å². The molecule has 1 fully saturated rings. The molecule has 0 atom stereocenters. The van der Waals surface area contributed by atoms with Crippen LogP contribution in [0.1, 0.15) is 36.3 Å². The van der Waals surface area contributed by atoms with E-state index in [4.69, 9.17) is 25.7 Å².